The van der Waals surface area contributed by atoms with Crippen LogP contribution in [-0.2, 0) is 9.53 Å². The largest absolute Gasteiger partial charge is 0.468 e. The predicted molar refractivity (Wildman–Crippen MR) is 125 cm³/mol. The Morgan fingerprint density at radius 1 is 1.38 bits per heavy atom. The summed E-state index contributed by atoms with van der Waals surface area (Å²) in [6.45, 7) is 2.42. The second kappa shape index (κ2) is 12.2. The van der Waals surface area contributed by atoms with Crippen LogP contribution >= 0.6 is 48.2 Å². The van der Waals surface area contributed by atoms with Gasteiger partial charge in [-0.05, 0) is 37.1 Å². The summed E-state index contributed by atoms with van der Waals surface area (Å²) in [5, 5.41) is 2.79. The van der Waals surface area contributed by atoms with Gasteiger partial charge in [0.05, 0.1) is 23.6 Å². The molecule has 1 saturated heterocycles. The number of carbonyl (C=O) groups excluding carboxylic acids is 1. The van der Waals surface area contributed by atoms with Crippen LogP contribution < -0.4 is 10.2 Å². The number of thioether (sulfide) groups is 1. The van der Waals surface area contributed by atoms with E-state index in [1.165, 1.54) is 44.8 Å². The summed E-state index contributed by atoms with van der Waals surface area (Å²) in [5.74, 6) is -0.842. The molecule has 0 bridgehead atoms. The summed E-state index contributed by atoms with van der Waals surface area (Å²) in [6.07, 6.45) is 6.38. The van der Waals surface area contributed by atoms with Crippen LogP contribution in [0.25, 0.3) is 0 Å². The molecule has 5 nitrogen and oxygen atoms in total. The minimum atomic E-state index is -0.543. The average Bonchev–Trinajstić information content (AvgIpc) is 3.24. The SMILES string of the molecule is COC(=O)CSc1cc(NC(=S)S)c(F)cc1Cl.c1cc(N2CCCC2)ccn1. The van der Waals surface area contributed by atoms with E-state index in [1.54, 1.807) is 0 Å². The molecule has 1 aromatic carbocycles. The number of rotatable bonds is 5. The number of methoxy groups -OCH3 is 1. The van der Waals surface area contributed by atoms with Gasteiger partial charge in [-0.25, -0.2) is 4.39 Å². The van der Waals surface area contributed by atoms with Crippen molar-refractivity contribution in [1.29, 1.82) is 0 Å². The Morgan fingerprint density at radius 2 is 2.03 bits per heavy atom. The van der Waals surface area contributed by atoms with E-state index in [0.29, 0.717) is 4.90 Å². The van der Waals surface area contributed by atoms with Crippen molar-refractivity contribution in [1.82, 2.24) is 4.98 Å². The Balaban J connectivity index is 0.000000230. The molecule has 1 N–H and O–H groups in total. The highest BCUT2D eigenvalue weighted by Crippen LogP contribution is 2.32. The zero-order valence-corrected chi connectivity index (χ0v) is 19.0. The summed E-state index contributed by atoms with van der Waals surface area (Å²) in [5.41, 5.74) is 1.48. The van der Waals surface area contributed by atoms with Crippen molar-refractivity contribution in [3.05, 3.63) is 47.5 Å². The number of hydrogen-bond acceptors (Lipinski definition) is 6. The number of benzene rings is 1. The maximum atomic E-state index is 13.5. The Labute approximate surface area is 189 Å². The van der Waals surface area contributed by atoms with Crippen molar-refractivity contribution in [3.63, 3.8) is 0 Å². The molecule has 3 rings (SSSR count). The van der Waals surface area contributed by atoms with Crippen LogP contribution in [0.3, 0.4) is 0 Å². The second-order valence-electron chi connectivity index (χ2n) is 5.96. The third kappa shape index (κ3) is 8.00. The van der Waals surface area contributed by atoms with Gasteiger partial charge in [-0.15, -0.1) is 24.4 Å². The zero-order valence-electron chi connectivity index (χ0n) is 15.7. The fourth-order valence-electron chi connectivity index (χ4n) is 2.58. The van der Waals surface area contributed by atoms with Crippen molar-refractivity contribution in [3.8, 4) is 0 Å². The van der Waals surface area contributed by atoms with E-state index < -0.39 is 5.82 Å². The number of hydrogen-bond donors (Lipinski definition) is 2. The fraction of sp³-hybridized carbons (Fsp3) is 0.316. The standard InChI is InChI=1S/C10H9ClFNO2S3.C9H12N2/c1-15-9(14)4-18-8-3-7(13-10(16)17)6(12)2-5(8)11;1-2-8-11(7-1)9-3-5-10-6-4-9/h2-3H,4H2,1H3,(H2,13,16,17);3-6H,1-2,7-8H2. The monoisotopic (exact) mass is 473 g/mol. The number of pyridine rings is 1. The number of aromatic nitrogens is 1. The number of nitrogens with one attached hydrogen (secondary N) is 1. The molecule has 0 saturated carbocycles. The van der Waals surface area contributed by atoms with Gasteiger partial charge in [-0.2, -0.15) is 0 Å². The minimum absolute atomic E-state index is 0.0899. The summed E-state index contributed by atoms with van der Waals surface area (Å²) in [6, 6.07) is 6.76. The molecule has 1 aliphatic rings. The molecule has 156 valence electrons. The second-order valence-corrected chi connectivity index (χ2v) is 8.54. The van der Waals surface area contributed by atoms with Crippen molar-refractivity contribution in [2.24, 2.45) is 0 Å². The first-order valence-electron chi connectivity index (χ1n) is 8.74. The Bertz CT molecular complexity index is 837. The van der Waals surface area contributed by atoms with Crippen LogP contribution in [0.1, 0.15) is 12.8 Å². The molecule has 1 fully saturated rings. The third-order valence-corrected chi connectivity index (χ3v) is 5.64. The van der Waals surface area contributed by atoms with Gasteiger partial charge in [0.2, 0.25) is 0 Å². The molecule has 2 heterocycles. The number of halogens is 2. The van der Waals surface area contributed by atoms with E-state index in [0.717, 1.165) is 17.8 Å². The van der Waals surface area contributed by atoms with E-state index in [1.807, 2.05) is 12.4 Å². The number of thiol groups is 1. The van der Waals surface area contributed by atoms with Crippen LogP contribution in [0.15, 0.2) is 41.6 Å². The van der Waals surface area contributed by atoms with E-state index in [4.69, 9.17) is 23.8 Å². The van der Waals surface area contributed by atoms with Gasteiger partial charge < -0.3 is 15.0 Å². The Kier molecular flexibility index (Phi) is 9.99. The summed E-state index contributed by atoms with van der Waals surface area (Å²) in [7, 11) is 1.29. The van der Waals surface area contributed by atoms with Crippen molar-refractivity contribution >= 4 is 69.9 Å². The first-order valence-corrected chi connectivity index (χ1v) is 11.0. The maximum absolute atomic E-state index is 13.5. The van der Waals surface area contributed by atoms with Gasteiger partial charge in [0.15, 0.2) is 0 Å². The van der Waals surface area contributed by atoms with Crippen LogP contribution in [0, 0.1) is 5.82 Å². The number of esters is 1. The first-order chi connectivity index (χ1) is 13.9. The number of carbonyl (C=O) groups is 1. The van der Waals surface area contributed by atoms with E-state index in [-0.39, 0.29) is 26.8 Å². The van der Waals surface area contributed by atoms with E-state index in [9.17, 15) is 9.18 Å². The van der Waals surface area contributed by atoms with Crippen LogP contribution in [-0.4, -0.2) is 41.2 Å². The maximum Gasteiger partial charge on any atom is 0.315 e. The molecular formula is C19H21ClFN3O2S3. The quantitative estimate of drug-likeness (QED) is 0.272. The highest BCUT2D eigenvalue weighted by molar-refractivity contribution is 8.11. The van der Waals surface area contributed by atoms with Crippen molar-refractivity contribution in [2.75, 3.05) is 36.2 Å². The number of anilines is 2. The highest BCUT2D eigenvalue weighted by Gasteiger charge is 2.12. The molecule has 1 aliphatic heterocycles. The molecule has 0 spiro atoms. The van der Waals surface area contributed by atoms with Gasteiger partial charge in [0, 0.05) is 36.1 Å². The van der Waals surface area contributed by atoms with Gasteiger partial charge >= 0.3 is 5.97 Å². The lowest BCUT2D eigenvalue weighted by Crippen LogP contribution is -2.17. The fourth-order valence-corrected chi connectivity index (χ4v) is 3.91. The van der Waals surface area contributed by atoms with Crippen molar-refractivity contribution < 1.29 is 13.9 Å². The van der Waals surface area contributed by atoms with E-state index in [2.05, 4.69) is 44.7 Å². The number of nitrogens with zero attached hydrogens (tertiary/aromatic N) is 2. The average molecular weight is 474 g/mol. The smallest absolute Gasteiger partial charge is 0.315 e. The molecule has 10 heteroatoms. The lowest BCUT2D eigenvalue weighted by molar-refractivity contribution is -0.137. The summed E-state index contributed by atoms with van der Waals surface area (Å²) in [4.78, 5) is 18.0. The number of thiocarbonyl (C=S) groups is 1. The predicted octanol–water partition coefficient (Wildman–Crippen LogP) is 5.05. The normalized spacial score (nSPS) is 12.8. The van der Waals surface area contributed by atoms with Gasteiger partial charge in [0.1, 0.15) is 10.1 Å². The Hall–Kier alpha value is -1.55. The zero-order chi connectivity index (χ0) is 21.2. The summed E-state index contributed by atoms with van der Waals surface area (Å²) < 4.78 is 18.2. The van der Waals surface area contributed by atoms with Gasteiger partial charge in [0.25, 0.3) is 0 Å². The molecular weight excluding hydrogens is 453 g/mol. The molecule has 0 amide bonds. The molecule has 0 radical (unpaired) electrons. The number of ether oxygens (including phenoxy) is 1. The minimum Gasteiger partial charge on any atom is -0.468 e. The van der Waals surface area contributed by atoms with E-state index >= 15 is 0 Å². The molecule has 0 aliphatic carbocycles. The topological polar surface area (TPSA) is 54.5 Å². The van der Waals surface area contributed by atoms with Gasteiger partial charge in [-0.3, -0.25) is 9.78 Å². The summed E-state index contributed by atoms with van der Waals surface area (Å²) >= 11 is 15.6. The first kappa shape index (κ1) is 23.7. The van der Waals surface area contributed by atoms with Crippen LogP contribution in [0.5, 0.6) is 0 Å². The third-order valence-electron chi connectivity index (χ3n) is 3.97. The lowest BCUT2D eigenvalue weighted by atomic mass is 10.3. The van der Waals surface area contributed by atoms with Gasteiger partial charge in [-0.1, -0.05) is 23.8 Å². The highest BCUT2D eigenvalue weighted by atomic mass is 35.5. The molecule has 1 aromatic heterocycles. The molecule has 2 aromatic rings. The lowest BCUT2D eigenvalue weighted by Gasteiger charge is -2.16. The van der Waals surface area contributed by atoms with Crippen LogP contribution in [0.2, 0.25) is 5.02 Å². The molecule has 0 unspecified atom stereocenters. The molecule has 0 atom stereocenters. The van der Waals surface area contributed by atoms with Crippen molar-refractivity contribution in [2.45, 2.75) is 17.7 Å². The van der Waals surface area contributed by atoms with Crippen LogP contribution in [0.4, 0.5) is 15.8 Å². The Morgan fingerprint density at radius 3 is 2.62 bits per heavy atom. The molecule has 29 heavy (non-hydrogen) atoms.